The van der Waals surface area contributed by atoms with Gasteiger partial charge in [0.25, 0.3) is 0 Å². The second-order valence-electron chi connectivity index (χ2n) is 9.73. The van der Waals surface area contributed by atoms with Crippen molar-refractivity contribution in [2.45, 2.75) is 106 Å². The van der Waals surface area contributed by atoms with E-state index in [0.717, 1.165) is 49.4 Å². The van der Waals surface area contributed by atoms with Gasteiger partial charge < -0.3 is 5.11 Å². The van der Waals surface area contributed by atoms with Crippen LogP contribution in [0.2, 0.25) is 0 Å². The Bertz CT molecular complexity index is 487. The van der Waals surface area contributed by atoms with Gasteiger partial charge in [-0.05, 0) is 91.8 Å². The largest absolute Gasteiger partial charge is 0.396 e. The van der Waals surface area contributed by atoms with E-state index in [4.69, 9.17) is 0 Å². The minimum absolute atomic E-state index is 0.364. The zero-order valence-corrected chi connectivity index (χ0v) is 19.0. The highest BCUT2D eigenvalue weighted by atomic mass is 16.3. The Morgan fingerprint density at radius 2 is 1.56 bits per heavy atom. The lowest BCUT2D eigenvalue weighted by Crippen LogP contribution is -2.53. The molecule has 2 nitrogen and oxygen atoms in total. The number of aliphatic hydroxyl groups is 1. The van der Waals surface area contributed by atoms with E-state index in [0.29, 0.717) is 29.1 Å². The predicted octanol–water partition coefficient (Wildman–Crippen LogP) is 6.65. The summed E-state index contributed by atoms with van der Waals surface area (Å²) in [5.74, 6) is 4.58. The van der Waals surface area contributed by atoms with Gasteiger partial charge in [-0.2, -0.15) is 0 Å². The normalized spacial score (nSPS) is 45.3. The predicted molar refractivity (Wildman–Crippen MR) is 115 cm³/mol. The molecule has 0 spiro atoms. The number of hydrogen-bond donors (Lipinski definition) is 1. The van der Waals surface area contributed by atoms with Crippen molar-refractivity contribution >= 4 is 5.78 Å². The lowest BCUT2D eigenvalue weighted by atomic mass is 9.44. The van der Waals surface area contributed by atoms with Crippen molar-refractivity contribution in [1.82, 2.24) is 0 Å². The Morgan fingerprint density at radius 3 is 2.22 bits per heavy atom. The van der Waals surface area contributed by atoms with Crippen molar-refractivity contribution in [1.29, 1.82) is 0 Å². The molecular formula is C25H46O2. The second-order valence-corrected chi connectivity index (χ2v) is 9.73. The topological polar surface area (TPSA) is 37.3 Å². The van der Waals surface area contributed by atoms with Gasteiger partial charge in [-0.1, -0.05) is 41.5 Å². The van der Waals surface area contributed by atoms with Gasteiger partial charge in [0.05, 0.1) is 0 Å². The summed E-state index contributed by atoms with van der Waals surface area (Å²) in [5.41, 5.74) is 0.921. The van der Waals surface area contributed by atoms with Crippen molar-refractivity contribution in [3.63, 3.8) is 0 Å². The first-order valence-corrected chi connectivity index (χ1v) is 12.1. The summed E-state index contributed by atoms with van der Waals surface area (Å²) in [7, 11) is 0. The third-order valence-corrected chi connectivity index (χ3v) is 9.16. The molecule has 2 heteroatoms. The van der Waals surface area contributed by atoms with Crippen LogP contribution in [0.15, 0.2) is 0 Å². The molecule has 27 heavy (non-hydrogen) atoms. The van der Waals surface area contributed by atoms with Crippen LogP contribution in [0.3, 0.4) is 0 Å². The highest BCUT2D eigenvalue weighted by molar-refractivity contribution is 5.79. The maximum absolute atomic E-state index is 11.9. The van der Waals surface area contributed by atoms with Gasteiger partial charge in [0.1, 0.15) is 5.78 Å². The first-order valence-electron chi connectivity index (χ1n) is 12.1. The van der Waals surface area contributed by atoms with Crippen LogP contribution in [0.1, 0.15) is 106 Å². The maximum Gasteiger partial charge on any atom is 0.133 e. The molecule has 0 aromatic carbocycles. The average molecular weight is 379 g/mol. The minimum Gasteiger partial charge on any atom is -0.396 e. The fourth-order valence-corrected chi connectivity index (χ4v) is 7.78. The van der Waals surface area contributed by atoms with Crippen molar-refractivity contribution < 1.29 is 9.90 Å². The molecular weight excluding hydrogens is 332 g/mol. The Hall–Kier alpha value is -0.370. The molecule has 4 aliphatic carbocycles. The Morgan fingerprint density at radius 1 is 0.889 bits per heavy atom. The summed E-state index contributed by atoms with van der Waals surface area (Å²) in [6, 6.07) is 0. The van der Waals surface area contributed by atoms with Crippen LogP contribution in [0.4, 0.5) is 0 Å². The van der Waals surface area contributed by atoms with Gasteiger partial charge in [-0.25, -0.2) is 0 Å². The zero-order valence-electron chi connectivity index (χ0n) is 19.0. The first-order chi connectivity index (χ1) is 13.0. The summed E-state index contributed by atoms with van der Waals surface area (Å²) in [5, 5.41) is 9.45. The number of fused-ring (bicyclic) bond motifs is 5. The van der Waals surface area contributed by atoms with Crippen LogP contribution in [0, 0.1) is 40.4 Å². The quantitative estimate of drug-likeness (QED) is 0.584. The smallest absolute Gasteiger partial charge is 0.133 e. The molecule has 7 atom stereocenters. The van der Waals surface area contributed by atoms with Crippen LogP contribution in [0.25, 0.3) is 0 Å². The monoisotopic (exact) mass is 378 g/mol. The molecule has 0 saturated heterocycles. The number of Topliss-reactive ketones (excluding diaryl/α,β-unsaturated/α-hetero) is 1. The van der Waals surface area contributed by atoms with Gasteiger partial charge in [0.2, 0.25) is 0 Å². The maximum atomic E-state index is 11.9. The summed E-state index contributed by atoms with van der Waals surface area (Å²) < 4.78 is 0. The number of aliphatic hydroxyl groups excluding tert-OH is 1. The highest BCUT2D eigenvalue weighted by Crippen LogP contribution is 2.67. The molecule has 0 amide bonds. The third-order valence-electron chi connectivity index (χ3n) is 9.16. The van der Waals surface area contributed by atoms with Crippen LogP contribution in [0.5, 0.6) is 0 Å². The average Bonchev–Trinajstić information content (AvgIpc) is 3.02. The number of ketones is 1. The Labute approximate surface area is 168 Å². The molecule has 0 aromatic heterocycles. The van der Waals surface area contributed by atoms with E-state index in [1.165, 1.54) is 38.5 Å². The molecule has 0 bridgehead atoms. The van der Waals surface area contributed by atoms with Gasteiger partial charge in [0.15, 0.2) is 0 Å². The summed E-state index contributed by atoms with van der Waals surface area (Å²) in [6.45, 7) is 13.4. The number of carbonyl (C=O) groups is 1. The number of rotatable bonds is 2. The van der Waals surface area contributed by atoms with Gasteiger partial charge >= 0.3 is 0 Å². The second kappa shape index (κ2) is 9.42. The molecule has 1 N–H and O–H groups in total. The van der Waals surface area contributed by atoms with Crippen LogP contribution in [-0.2, 0) is 4.79 Å². The Kier molecular flexibility index (Phi) is 7.99. The van der Waals surface area contributed by atoms with Gasteiger partial charge in [-0.15, -0.1) is 0 Å². The van der Waals surface area contributed by atoms with Gasteiger partial charge in [-0.3, -0.25) is 4.79 Å². The molecule has 0 aromatic rings. The first kappa shape index (κ1) is 22.9. The molecule has 0 heterocycles. The lowest BCUT2D eigenvalue weighted by molar-refractivity contribution is -0.139. The van der Waals surface area contributed by atoms with Crippen molar-refractivity contribution in [2.75, 3.05) is 6.61 Å². The molecule has 4 rings (SSSR count). The van der Waals surface area contributed by atoms with E-state index in [2.05, 4.69) is 13.8 Å². The molecule has 4 fully saturated rings. The molecule has 3 unspecified atom stereocenters. The summed E-state index contributed by atoms with van der Waals surface area (Å²) >= 11 is 0. The molecule has 0 radical (unpaired) electrons. The van der Waals surface area contributed by atoms with E-state index < -0.39 is 0 Å². The van der Waals surface area contributed by atoms with E-state index >= 15 is 0 Å². The van der Waals surface area contributed by atoms with E-state index in [-0.39, 0.29) is 0 Å². The molecule has 4 aliphatic rings. The molecule has 158 valence electrons. The zero-order chi connectivity index (χ0) is 20.2. The van der Waals surface area contributed by atoms with E-state index in [1.54, 1.807) is 0 Å². The molecule has 0 aliphatic heterocycles. The van der Waals surface area contributed by atoms with Gasteiger partial charge in [0, 0.05) is 19.4 Å². The fraction of sp³-hybridized carbons (Fsp3) is 0.960. The molecule has 4 saturated carbocycles. The standard InChI is InChI=1S/C21H34O2.2C2H6/c1-20-11-8-19-17(18(20)6-4-14(20)9-12-22)5-3-15-13-16(23)7-10-21(15,19)2;2*1-2/h14-15,17-19,22H,3-13H2,1-2H3;2*1-2H3/t14?,15-,17+,18?,19?,20-,21+;;/m1../s1. The number of carbonyl (C=O) groups excluding carboxylic acids is 1. The van der Waals surface area contributed by atoms with Crippen molar-refractivity contribution in [2.24, 2.45) is 40.4 Å². The van der Waals surface area contributed by atoms with Crippen molar-refractivity contribution in [3.05, 3.63) is 0 Å². The summed E-state index contributed by atoms with van der Waals surface area (Å²) in [4.78, 5) is 11.9. The lowest BCUT2D eigenvalue weighted by Gasteiger charge is -2.60. The van der Waals surface area contributed by atoms with Crippen LogP contribution < -0.4 is 0 Å². The fourth-order valence-electron chi connectivity index (χ4n) is 7.78. The van der Waals surface area contributed by atoms with E-state index in [9.17, 15) is 9.90 Å². The van der Waals surface area contributed by atoms with Crippen molar-refractivity contribution in [3.8, 4) is 0 Å². The third kappa shape index (κ3) is 3.89. The highest BCUT2D eigenvalue weighted by Gasteiger charge is 2.59. The van der Waals surface area contributed by atoms with E-state index in [1.807, 2.05) is 27.7 Å². The SMILES string of the molecule is CC.CC.C[C@]12CCC3[C@@H](CC[C@@H]4CC(=O)CC[C@]34C)C1CCC2CCO. The van der Waals surface area contributed by atoms with Crippen LogP contribution >= 0.6 is 0 Å². The summed E-state index contributed by atoms with van der Waals surface area (Å²) in [6.07, 6.45) is 12.0. The van der Waals surface area contributed by atoms with Crippen LogP contribution in [-0.4, -0.2) is 17.5 Å². The minimum atomic E-state index is 0.364. The Balaban J connectivity index is 0.000000614. The number of hydrogen-bond acceptors (Lipinski definition) is 2.